The Balaban J connectivity index is 1.77. The fraction of sp³-hybridized carbons (Fsp3) is 0.192. The number of nitrogens with zero attached hydrogens (tertiary/aromatic N) is 2. The highest BCUT2D eigenvalue weighted by Crippen LogP contribution is 2.28. The van der Waals surface area contributed by atoms with E-state index in [0.717, 1.165) is 34.6 Å². The highest BCUT2D eigenvalue weighted by molar-refractivity contribution is 7.80. The molecule has 4 rings (SSSR count). The summed E-state index contributed by atoms with van der Waals surface area (Å²) in [7, 11) is 0. The second-order valence-corrected chi connectivity index (χ2v) is 8.32. The van der Waals surface area contributed by atoms with E-state index in [1.807, 2.05) is 51.1 Å². The molecule has 0 saturated carbocycles. The molecule has 1 aliphatic heterocycles. The zero-order chi connectivity index (χ0) is 23.0. The molecule has 5 nitrogen and oxygen atoms in total. The third-order valence-corrected chi connectivity index (χ3v) is 6.06. The third kappa shape index (κ3) is 3.78. The number of hydrogen-bond donors (Lipinski definition) is 1. The topological polar surface area (TPSA) is 54.3 Å². The van der Waals surface area contributed by atoms with E-state index in [1.54, 1.807) is 6.08 Å². The van der Waals surface area contributed by atoms with E-state index < -0.39 is 11.8 Å². The van der Waals surface area contributed by atoms with Gasteiger partial charge in [0, 0.05) is 17.1 Å². The van der Waals surface area contributed by atoms with E-state index in [4.69, 9.17) is 12.2 Å². The van der Waals surface area contributed by atoms with Crippen LogP contribution < -0.4 is 10.2 Å². The van der Waals surface area contributed by atoms with Gasteiger partial charge in [-0.15, -0.1) is 0 Å². The lowest BCUT2D eigenvalue weighted by Crippen LogP contribution is -2.54. The smallest absolute Gasteiger partial charge is 0.270 e. The Morgan fingerprint density at radius 3 is 2.38 bits per heavy atom. The molecule has 1 aromatic heterocycles. The molecule has 0 atom stereocenters. The summed E-state index contributed by atoms with van der Waals surface area (Å²) in [6.45, 7) is 8.07. The Bertz CT molecular complexity index is 1270. The van der Waals surface area contributed by atoms with Crippen molar-refractivity contribution < 1.29 is 9.59 Å². The van der Waals surface area contributed by atoms with Gasteiger partial charge in [-0.1, -0.05) is 42.8 Å². The van der Waals surface area contributed by atoms with Crippen LogP contribution >= 0.6 is 12.2 Å². The van der Waals surface area contributed by atoms with Crippen LogP contribution in [0.2, 0.25) is 0 Å². The largest absolute Gasteiger partial charge is 0.318 e. The maximum atomic E-state index is 13.4. The molecule has 0 bridgehead atoms. The predicted octanol–water partition coefficient (Wildman–Crippen LogP) is 4.80. The number of carbonyl (C=O) groups is 2. The zero-order valence-electron chi connectivity index (χ0n) is 18.6. The average Bonchev–Trinajstić information content (AvgIpc) is 3.05. The second kappa shape index (κ2) is 8.55. The van der Waals surface area contributed by atoms with Crippen molar-refractivity contribution in [1.29, 1.82) is 0 Å². The van der Waals surface area contributed by atoms with Gasteiger partial charge >= 0.3 is 0 Å². The van der Waals surface area contributed by atoms with Crippen LogP contribution in [0.15, 0.2) is 60.2 Å². The molecule has 1 saturated heterocycles. The Hall–Kier alpha value is -3.51. The normalized spacial score (nSPS) is 15.4. The number of rotatable bonds is 4. The molecule has 0 unspecified atom stereocenters. The number of carbonyl (C=O) groups excluding carboxylic acids is 2. The molecule has 0 spiro atoms. The lowest BCUT2D eigenvalue weighted by atomic mass is 10.0. The van der Waals surface area contributed by atoms with Crippen LogP contribution in [0.5, 0.6) is 0 Å². The quantitative estimate of drug-likeness (QED) is 0.358. The number of aromatic nitrogens is 1. The van der Waals surface area contributed by atoms with Gasteiger partial charge in [0.05, 0.1) is 5.69 Å². The highest BCUT2D eigenvalue weighted by atomic mass is 32.1. The van der Waals surface area contributed by atoms with Crippen molar-refractivity contribution in [2.45, 2.75) is 34.1 Å². The van der Waals surface area contributed by atoms with Crippen LogP contribution in [0, 0.1) is 20.8 Å². The Morgan fingerprint density at radius 1 is 1.00 bits per heavy atom. The molecule has 2 aromatic carbocycles. The summed E-state index contributed by atoms with van der Waals surface area (Å²) in [5.41, 5.74) is 6.75. The van der Waals surface area contributed by atoms with Crippen LogP contribution in [0.4, 0.5) is 5.69 Å². The Labute approximate surface area is 193 Å². The van der Waals surface area contributed by atoms with Gasteiger partial charge in [0.2, 0.25) is 0 Å². The second-order valence-electron chi connectivity index (χ2n) is 7.94. The molecule has 0 aliphatic carbocycles. The van der Waals surface area contributed by atoms with Crippen molar-refractivity contribution in [3.8, 4) is 5.69 Å². The van der Waals surface area contributed by atoms with Crippen molar-refractivity contribution in [1.82, 2.24) is 9.88 Å². The highest BCUT2D eigenvalue weighted by Gasteiger charge is 2.35. The van der Waals surface area contributed by atoms with Gasteiger partial charge in [-0.2, -0.15) is 0 Å². The fourth-order valence-corrected chi connectivity index (χ4v) is 4.36. The van der Waals surface area contributed by atoms with E-state index in [-0.39, 0.29) is 10.7 Å². The number of hydrogen-bond acceptors (Lipinski definition) is 3. The monoisotopic (exact) mass is 443 g/mol. The lowest BCUT2D eigenvalue weighted by molar-refractivity contribution is -0.122. The number of anilines is 1. The van der Waals surface area contributed by atoms with Crippen LogP contribution in [-0.2, 0) is 16.0 Å². The molecule has 3 aromatic rings. The van der Waals surface area contributed by atoms with Gasteiger partial charge in [0.1, 0.15) is 5.57 Å². The first-order valence-electron chi connectivity index (χ1n) is 10.6. The number of benzene rings is 2. The molecule has 0 radical (unpaired) electrons. The maximum Gasteiger partial charge on any atom is 0.270 e. The van der Waals surface area contributed by atoms with Crippen LogP contribution in [0.25, 0.3) is 11.8 Å². The van der Waals surface area contributed by atoms with Crippen LogP contribution in [0.3, 0.4) is 0 Å². The van der Waals surface area contributed by atoms with E-state index in [1.165, 1.54) is 10.5 Å². The van der Waals surface area contributed by atoms with Crippen molar-refractivity contribution in [3.05, 3.63) is 88.2 Å². The van der Waals surface area contributed by atoms with E-state index in [9.17, 15) is 9.59 Å². The minimum Gasteiger partial charge on any atom is -0.318 e. The summed E-state index contributed by atoms with van der Waals surface area (Å²) in [6, 6.07) is 17.8. The van der Waals surface area contributed by atoms with Crippen LogP contribution in [0.1, 0.15) is 35.0 Å². The minimum absolute atomic E-state index is 0.0636. The Morgan fingerprint density at radius 2 is 1.69 bits per heavy atom. The van der Waals surface area contributed by atoms with Gasteiger partial charge in [-0.3, -0.25) is 19.8 Å². The standard InChI is InChI=1S/C26H25N3O2S/c1-5-19-8-6-7-9-23(19)29-25(31)22(24(30)27-26(29)32)15-20-14-17(3)28(18(20)4)21-12-10-16(2)11-13-21/h6-15H,5H2,1-4H3,(H,27,30,32)/b22-15-. The molecule has 2 amide bonds. The van der Waals surface area contributed by atoms with Gasteiger partial charge in [-0.25, -0.2) is 0 Å². The summed E-state index contributed by atoms with van der Waals surface area (Å²) < 4.78 is 2.12. The first kappa shape index (κ1) is 21.7. The number of amides is 2. The molecule has 1 fully saturated rings. The van der Waals surface area contributed by atoms with Crippen molar-refractivity contribution >= 4 is 40.9 Å². The van der Waals surface area contributed by atoms with Gasteiger partial charge < -0.3 is 4.57 Å². The van der Waals surface area contributed by atoms with E-state index in [0.29, 0.717) is 5.69 Å². The maximum absolute atomic E-state index is 13.4. The van der Waals surface area contributed by atoms with Crippen LogP contribution in [-0.4, -0.2) is 21.5 Å². The first-order valence-corrected chi connectivity index (χ1v) is 11.0. The molecular formula is C26H25N3O2S. The third-order valence-electron chi connectivity index (χ3n) is 5.78. The summed E-state index contributed by atoms with van der Waals surface area (Å²) >= 11 is 5.36. The molecule has 2 heterocycles. The number of para-hydroxylation sites is 1. The summed E-state index contributed by atoms with van der Waals surface area (Å²) in [6.07, 6.45) is 2.40. The zero-order valence-corrected chi connectivity index (χ0v) is 19.4. The van der Waals surface area contributed by atoms with Crippen molar-refractivity contribution in [2.24, 2.45) is 0 Å². The summed E-state index contributed by atoms with van der Waals surface area (Å²) in [5, 5.41) is 2.78. The van der Waals surface area contributed by atoms with E-state index in [2.05, 4.69) is 41.1 Å². The number of aryl methyl sites for hydroxylation is 3. The van der Waals surface area contributed by atoms with Gasteiger partial charge in [0.25, 0.3) is 11.8 Å². The van der Waals surface area contributed by atoms with Crippen molar-refractivity contribution in [2.75, 3.05) is 4.90 Å². The predicted molar refractivity (Wildman–Crippen MR) is 132 cm³/mol. The first-order chi connectivity index (χ1) is 15.3. The molecule has 32 heavy (non-hydrogen) atoms. The van der Waals surface area contributed by atoms with Crippen molar-refractivity contribution in [3.63, 3.8) is 0 Å². The summed E-state index contributed by atoms with van der Waals surface area (Å²) in [4.78, 5) is 27.6. The average molecular weight is 444 g/mol. The molecule has 6 heteroatoms. The SMILES string of the molecule is CCc1ccccc1N1C(=O)/C(=C\c2cc(C)n(-c3ccc(C)cc3)c2C)C(=O)NC1=S. The molecule has 162 valence electrons. The van der Waals surface area contributed by atoms with Gasteiger partial charge in [-0.05, 0) is 80.9 Å². The fourth-order valence-electron chi connectivity index (χ4n) is 4.08. The summed E-state index contributed by atoms with van der Waals surface area (Å²) in [5.74, 6) is -0.898. The van der Waals surface area contributed by atoms with Gasteiger partial charge in [0.15, 0.2) is 5.11 Å². The Kier molecular flexibility index (Phi) is 5.80. The lowest BCUT2D eigenvalue weighted by Gasteiger charge is -2.30. The number of nitrogens with one attached hydrogen (secondary N) is 1. The molecular weight excluding hydrogens is 418 g/mol. The van der Waals surface area contributed by atoms with E-state index >= 15 is 0 Å². The molecule has 1 aliphatic rings. The minimum atomic E-state index is -0.481. The molecule has 1 N–H and O–H groups in total. The number of thiocarbonyl (C=S) groups is 1.